The molecule has 0 aromatic rings. The maximum absolute atomic E-state index is 11.9. The van der Waals surface area contributed by atoms with E-state index in [0.29, 0.717) is 18.9 Å². The molecule has 1 aliphatic heterocycles. The van der Waals surface area contributed by atoms with E-state index in [0.717, 1.165) is 25.9 Å². The molecule has 3 N–H and O–H groups in total. The van der Waals surface area contributed by atoms with Gasteiger partial charge >= 0.3 is 0 Å². The molecule has 1 aliphatic carbocycles. The second-order valence-corrected chi connectivity index (χ2v) is 5.47. The summed E-state index contributed by atoms with van der Waals surface area (Å²) in [6, 6.07) is 0.221. The van der Waals surface area contributed by atoms with Crippen molar-refractivity contribution in [3.05, 3.63) is 0 Å². The summed E-state index contributed by atoms with van der Waals surface area (Å²) in [6.07, 6.45) is 4.83. The minimum atomic E-state index is -0.153. The first kappa shape index (κ1) is 14.7. The Morgan fingerprint density at radius 1 is 1.53 bits per heavy atom. The number of carbonyl (C=O) groups is 1. The van der Waals surface area contributed by atoms with Gasteiger partial charge in [-0.05, 0) is 32.1 Å². The summed E-state index contributed by atoms with van der Waals surface area (Å²) >= 11 is 0. The Labute approximate surface area is 109 Å². The van der Waals surface area contributed by atoms with Crippen LogP contribution >= 0.6 is 12.4 Å². The average Bonchev–Trinajstić information content (AvgIpc) is 2.77. The second-order valence-electron chi connectivity index (χ2n) is 5.47. The highest BCUT2D eigenvalue weighted by Gasteiger charge is 2.33. The van der Waals surface area contributed by atoms with Crippen LogP contribution in [0.4, 0.5) is 0 Å². The second kappa shape index (κ2) is 6.03. The van der Waals surface area contributed by atoms with E-state index in [1.807, 2.05) is 6.92 Å². The minimum Gasteiger partial charge on any atom is -0.379 e. The van der Waals surface area contributed by atoms with Gasteiger partial charge in [-0.15, -0.1) is 12.4 Å². The molecule has 17 heavy (non-hydrogen) atoms. The third-order valence-electron chi connectivity index (χ3n) is 3.83. The molecule has 5 heteroatoms. The summed E-state index contributed by atoms with van der Waals surface area (Å²) in [5, 5.41) is 3.08. The highest BCUT2D eigenvalue weighted by molar-refractivity contribution is 5.85. The van der Waals surface area contributed by atoms with Gasteiger partial charge in [0.1, 0.15) is 0 Å². The number of hydrogen-bond acceptors (Lipinski definition) is 3. The number of hydrogen-bond donors (Lipinski definition) is 2. The van der Waals surface area contributed by atoms with Gasteiger partial charge in [-0.1, -0.05) is 6.42 Å². The minimum absolute atomic E-state index is 0. The van der Waals surface area contributed by atoms with Crippen LogP contribution in [0.5, 0.6) is 0 Å². The van der Waals surface area contributed by atoms with Crippen LogP contribution in [-0.2, 0) is 9.53 Å². The molecule has 4 nitrogen and oxygen atoms in total. The van der Waals surface area contributed by atoms with Crippen molar-refractivity contribution in [2.24, 2.45) is 11.7 Å². The number of nitrogens with one attached hydrogen (secondary N) is 1. The standard InChI is InChI=1S/C12H22N2O2.ClH/c1-12(5-6-16-8-12)14-11(15)7-9-3-2-4-10(9)13;/h9-10H,2-8,13H2,1H3,(H,14,15);1H/t9-,10+,12?;/m0./s1. The molecule has 0 aromatic heterocycles. The Balaban J connectivity index is 0.00000144. The quantitative estimate of drug-likeness (QED) is 0.804. The highest BCUT2D eigenvalue weighted by Crippen LogP contribution is 2.27. The molecule has 2 aliphatic rings. The number of rotatable bonds is 3. The molecule has 2 rings (SSSR count). The van der Waals surface area contributed by atoms with Gasteiger partial charge in [0.05, 0.1) is 12.1 Å². The molecule has 0 bridgehead atoms. The van der Waals surface area contributed by atoms with Gasteiger partial charge in [0, 0.05) is 19.1 Å². The van der Waals surface area contributed by atoms with Crippen molar-refractivity contribution >= 4 is 18.3 Å². The van der Waals surface area contributed by atoms with E-state index in [1.54, 1.807) is 0 Å². The Bertz CT molecular complexity index is 267. The maximum atomic E-state index is 11.9. The van der Waals surface area contributed by atoms with Gasteiger partial charge in [0.15, 0.2) is 0 Å². The van der Waals surface area contributed by atoms with Crippen LogP contribution in [0.1, 0.15) is 39.0 Å². The normalized spacial score (nSPS) is 36.6. The average molecular weight is 263 g/mol. The topological polar surface area (TPSA) is 64.4 Å². The van der Waals surface area contributed by atoms with E-state index in [1.165, 1.54) is 6.42 Å². The number of ether oxygens (including phenoxy) is 1. The van der Waals surface area contributed by atoms with E-state index in [9.17, 15) is 4.79 Å². The smallest absolute Gasteiger partial charge is 0.220 e. The molecular formula is C12H23ClN2O2. The Kier molecular flexibility index (Phi) is 5.22. The Morgan fingerprint density at radius 3 is 2.82 bits per heavy atom. The molecule has 100 valence electrons. The van der Waals surface area contributed by atoms with E-state index >= 15 is 0 Å². The monoisotopic (exact) mass is 262 g/mol. The molecule has 1 saturated heterocycles. The van der Waals surface area contributed by atoms with E-state index in [-0.39, 0.29) is 29.9 Å². The third-order valence-corrected chi connectivity index (χ3v) is 3.83. The van der Waals surface area contributed by atoms with Crippen LogP contribution in [-0.4, -0.2) is 30.7 Å². The predicted molar refractivity (Wildman–Crippen MR) is 69.2 cm³/mol. The highest BCUT2D eigenvalue weighted by atomic mass is 35.5. The molecule has 0 aromatic carbocycles. The zero-order valence-electron chi connectivity index (χ0n) is 10.4. The fourth-order valence-corrected chi connectivity index (χ4v) is 2.71. The predicted octanol–water partition coefficient (Wildman–Crippen LogP) is 1.22. The van der Waals surface area contributed by atoms with Gasteiger partial charge < -0.3 is 15.8 Å². The van der Waals surface area contributed by atoms with E-state index in [4.69, 9.17) is 10.5 Å². The van der Waals surface area contributed by atoms with Crippen LogP contribution in [0.3, 0.4) is 0 Å². The lowest BCUT2D eigenvalue weighted by Gasteiger charge is -2.25. The number of halogens is 1. The van der Waals surface area contributed by atoms with Crippen molar-refractivity contribution in [2.45, 2.75) is 50.6 Å². The summed E-state index contributed by atoms with van der Waals surface area (Å²) in [5.74, 6) is 0.515. The van der Waals surface area contributed by atoms with Crippen molar-refractivity contribution in [3.8, 4) is 0 Å². The van der Waals surface area contributed by atoms with Gasteiger partial charge in [-0.2, -0.15) is 0 Å². The van der Waals surface area contributed by atoms with Crippen LogP contribution in [0.15, 0.2) is 0 Å². The molecule has 1 amide bonds. The molecule has 0 radical (unpaired) electrons. The molecule has 3 atom stereocenters. The lowest BCUT2D eigenvalue weighted by atomic mass is 9.97. The molecule has 0 spiro atoms. The summed E-state index contributed by atoms with van der Waals surface area (Å²) in [4.78, 5) is 11.9. The lowest BCUT2D eigenvalue weighted by molar-refractivity contribution is -0.123. The van der Waals surface area contributed by atoms with Gasteiger partial charge in [-0.3, -0.25) is 4.79 Å². The zero-order chi connectivity index (χ0) is 11.6. The molecule has 1 saturated carbocycles. The van der Waals surface area contributed by atoms with Crippen molar-refractivity contribution in [3.63, 3.8) is 0 Å². The maximum Gasteiger partial charge on any atom is 0.220 e. The third kappa shape index (κ3) is 3.83. The van der Waals surface area contributed by atoms with Crippen LogP contribution < -0.4 is 11.1 Å². The fraction of sp³-hybridized carbons (Fsp3) is 0.917. The molecule has 1 heterocycles. The van der Waals surface area contributed by atoms with Gasteiger partial charge in [0.25, 0.3) is 0 Å². The van der Waals surface area contributed by atoms with Crippen molar-refractivity contribution in [2.75, 3.05) is 13.2 Å². The first-order valence-corrected chi connectivity index (χ1v) is 6.23. The largest absolute Gasteiger partial charge is 0.379 e. The number of carbonyl (C=O) groups excluding carboxylic acids is 1. The summed E-state index contributed by atoms with van der Waals surface area (Å²) in [5.41, 5.74) is 5.81. The molecule has 2 fully saturated rings. The first-order chi connectivity index (χ1) is 7.59. The van der Waals surface area contributed by atoms with Crippen molar-refractivity contribution < 1.29 is 9.53 Å². The van der Waals surface area contributed by atoms with E-state index in [2.05, 4.69) is 5.32 Å². The SMILES string of the molecule is CC1(NC(=O)C[C@@H]2CCC[C@H]2N)CCOC1.Cl. The van der Waals surface area contributed by atoms with Crippen LogP contribution in [0.2, 0.25) is 0 Å². The van der Waals surface area contributed by atoms with Crippen molar-refractivity contribution in [1.29, 1.82) is 0 Å². The van der Waals surface area contributed by atoms with Crippen molar-refractivity contribution in [1.82, 2.24) is 5.32 Å². The van der Waals surface area contributed by atoms with E-state index < -0.39 is 0 Å². The van der Waals surface area contributed by atoms with Gasteiger partial charge in [0.2, 0.25) is 5.91 Å². The summed E-state index contributed by atoms with van der Waals surface area (Å²) < 4.78 is 5.31. The van der Waals surface area contributed by atoms with Gasteiger partial charge in [-0.25, -0.2) is 0 Å². The Morgan fingerprint density at radius 2 is 2.29 bits per heavy atom. The number of amides is 1. The first-order valence-electron chi connectivity index (χ1n) is 6.23. The Hall–Kier alpha value is -0.320. The van der Waals surface area contributed by atoms with Crippen LogP contribution in [0, 0.1) is 5.92 Å². The zero-order valence-corrected chi connectivity index (χ0v) is 11.2. The summed E-state index contributed by atoms with van der Waals surface area (Å²) in [6.45, 7) is 3.43. The molecular weight excluding hydrogens is 240 g/mol. The number of nitrogens with two attached hydrogens (primary N) is 1. The molecule has 1 unspecified atom stereocenters. The summed E-state index contributed by atoms with van der Waals surface area (Å²) in [7, 11) is 0. The lowest BCUT2D eigenvalue weighted by Crippen LogP contribution is -2.47. The fourth-order valence-electron chi connectivity index (χ4n) is 2.71. The van der Waals surface area contributed by atoms with Crippen LogP contribution in [0.25, 0.3) is 0 Å².